The molecule has 0 heterocycles. The summed E-state index contributed by atoms with van der Waals surface area (Å²) < 4.78 is 5.07. The van der Waals surface area contributed by atoms with E-state index in [1.165, 1.54) is 50.4 Å². The lowest BCUT2D eigenvalue weighted by Crippen LogP contribution is -2.41. The van der Waals surface area contributed by atoms with Crippen LogP contribution in [0.3, 0.4) is 0 Å². The maximum Gasteiger partial charge on any atom is 0.273 e. The van der Waals surface area contributed by atoms with Crippen molar-refractivity contribution < 1.29 is 19.2 Å². The fourth-order valence-electron chi connectivity index (χ4n) is 2.11. The molecule has 2 rings (SSSR count). The largest absolute Gasteiger partial charge is 0.496 e. The molecule has 0 bridgehead atoms. The van der Waals surface area contributed by atoms with E-state index in [0.29, 0.717) is 10.6 Å². The number of aryl methyl sites for hydroxylation is 1. The van der Waals surface area contributed by atoms with Crippen molar-refractivity contribution in [1.29, 1.82) is 0 Å². The van der Waals surface area contributed by atoms with Crippen LogP contribution in [0.4, 0.5) is 5.69 Å². The first-order valence-corrected chi connectivity index (χ1v) is 7.40. The summed E-state index contributed by atoms with van der Waals surface area (Å²) in [6.07, 6.45) is 0. The summed E-state index contributed by atoms with van der Waals surface area (Å²) in [6, 6.07) is 8.34. The summed E-state index contributed by atoms with van der Waals surface area (Å²) in [5.41, 5.74) is 5.10. The average molecular weight is 364 g/mol. The highest BCUT2D eigenvalue weighted by molar-refractivity contribution is 6.30. The Hall–Kier alpha value is -3.13. The molecular weight excluding hydrogens is 350 g/mol. The van der Waals surface area contributed by atoms with Crippen molar-refractivity contribution in [3.63, 3.8) is 0 Å². The van der Waals surface area contributed by atoms with E-state index >= 15 is 0 Å². The molecule has 9 heteroatoms. The van der Waals surface area contributed by atoms with E-state index in [-0.39, 0.29) is 22.6 Å². The third-order valence-electron chi connectivity index (χ3n) is 3.35. The van der Waals surface area contributed by atoms with Gasteiger partial charge >= 0.3 is 0 Å². The molecule has 25 heavy (non-hydrogen) atoms. The Morgan fingerprint density at radius 3 is 2.40 bits per heavy atom. The van der Waals surface area contributed by atoms with Gasteiger partial charge in [-0.05, 0) is 37.3 Å². The van der Waals surface area contributed by atoms with Crippen LogP contribution >= 0.6 is 11.6 Å². The Bertz CT molecular complexity index is 854. The topological polar surface area (TPSA) is 111 Å². The molecule has 0 fully saturated rings. The van der Waals surface area contributed by atoms with Gasteiger partial charge in [-0.3, -0.25) is 30.6 Å². The van der Waals surface area contributed by atoms with Crippen LogP contribution in [-0.2, 0) is 0 Å². The van der Waals surface area contributed by atoms with Gasteiger partial charge in [-0.2, -0.15) is 0 Å². The number of benzene rings is 2. The molecule has 2 N–H and O–H groups in total. The molecule has 0 aliphatic carbocycles. The summed E-state index contributed by atoms with van der Waals surface area (Å²) in [7, 11) is 1.39. The molecule has 2 aromatic rings. The Morgan fingerprint density at radius 2 is 1.80 bits per heavy atom. The summed E-state index contributed by atoms with van der Waals surface area (Å²) in [4.78, 5) is 34.5. The quantitative estimate of drug-likeness (QED) is 0.640. The number of carbonyl (C=O) groups excluding carboxylic acids is 2. The van der Waals surface area contributed by atoms with Crippen LogP contribution in [0, 0.1) is 17.0 Å². The summed E-state index contributed by atoms with van der Waals surface area (Å²) in [6.45, 7) is 1.52. The Morgan fingerprint density at radius 1 is 1.12 bits per heavy atom. The zero-order valence-corrected chi connectivity index (χ0v) is 14.1. The normalized spacial score (nSPS) is 10.0. The van der Waals surface area contributed by atoms with Crippen molar-refractivity contribution >= 4 is 29.1 Å². The number of nitro groups is 1. The lowest BCUT2D eigenvalue weighted by atomic mass is 10.1. The SMILES string of the molecule is COc1cc(Cl)ccc1C(=O)NNC(=O)c1ccc([N+](=O)[O-])c(C)c1. The van der Waals surface area contributed by atoms with Crippen LogP contribution in [0.2, 0.25) is 5.02 Å². The van der Waals surface area contributed by atoms with Gasteiger partial charge in [0.1, 0.15) is 5.75 Å². The molecule has 0 saturated carbocycles. The molecule has 0 aromatic heterocycles. The van der Waals surface area contributed by atoms with Gasteiger partial charge in [0.15, 0.2) is 0 Å². The number of rotatable bonds is 4. The molecule has 0 saturated heterocycles. The molecule has 0 radical (unpaired) electrons. The highest BCUT2D eigenvalue weighted by Crippen LogP contribution is 2.23. The number of hydrogen-bond donors (Lipinski definition) is 2. The number of ether oxygens (including phenoxy) is 1. The first kappa shape index (κ1) is 18.2. The fraction of sp³-hybridized carbons (Fsp3) is 0.125. The number of nitrogens with one attached hydrogen (secondary N) is 2. The number of nitrogens with zero attached hydrogens (tertiary/aromatic N) is 1. The Kier molecular flexibility index (Phi) is 5.56. The smallest absolute Gasteiger partial charge is 0.273 e. The second kappa shape index (κ2) is 7.63. The standard InChI is InChI=1S/C16H14ClN3O5/c1-9-7-10(3-6-13(9)20(23)24)15(21)18-19-16(22)12-5-4-11(17)8-14(12)25-2/h3-8H,1-2H3,(H,18,21)(H,19,22). The Labute approximate surface area is 147 Å². The third kappa shape index (κ3) is 4.24. The van der Waals surface area contributed by atoms with Crippen LogP contribution in [0.5, 0.6) is 5.75 Å². The number of hydrazine groups is 1. The van der Waals surface area contributed by atoms with Crippen LogP contribution in [0.25, 0.3) is 0 Å². The van der Waals surface area contributed by atoms with E-state index in [2.05, 4.69) is 10.9 Å². The van der Waals surface area contributed by atoms with Crippen molar-refractivity contribution in [1.82, 2.24) is 10.9 Å². The number of amides is 2. The summed E-state index contributed by atoms with van der Waals surface area (Å²) >= 11 is 5.83. The van der Waals surface area contributed by atoms with Crippen molar-refractivity contribution in [3.8, 4) is 5.75 Å². The van der Waals surface area contributed by atoms with E-state index < -0.39 is 16.7 Å². The second-order valence-corrected chi connectivity index (χ2v) is 5.45. The van der Waals surface area contributed by atoms with Gasteiger partial charge in [-0.15, -0.1) is 0 Å². The molecule has 8 nitrogen and oxygen atoms in total. The van der Waals surface area contributed by atoms with E-state index in [1.54, 1.807) is 0 Å². The summed E-state index contributed by atoms with van der Waals surface area (Å²) in [5, 5.41) is 11.2. The monoisotopic (exact) mass is 363 g/mol. The average Bonchev–Trinajstić information content (AvgIpc) is 2.58. The third-order valence-corrected chi connectivity index (χ3v) is 3.59. The van der Waals surface area contributed by atoms with Gasteiger partial charge in [-0.1, -0.05) is 11.6 Å². The van der Waals surface area contributed by atoms with Crippen LogP contribution in [0.1, 0.15) is 26.3 Å². The minimum atomic E-state index is -0.612. The van der Waals surface area contributed by atoms with E-state index in [9.17, 15) is 19.7 Å². The number of hydrogen-bond acceptors (Lipinski definition) is 5. The van der Waals surface area contributed by atoms with Crippen molar-refractivity contribution in [2.75, 3.05) is 7.11 Å². The molecule has 2 amide bonds. The van der Waals surface area contributed by atoms with Gasteiger partial charge in [0.05, 0.1) is 17.6 Å². The number of nitro benzene ring substituents is 1. The van der Waals surface area contributed by atoms with E-state index in [4.69, 9.17) is 16.3 Å². The van der Waals surface area contributed by atoms with Crippen molar-refractivity contribution in [2.45, 2.75) is 6.92 Å². The minimum absolute atomic E-state index is 0.0912. The maximum atomic E-state index is 12.1. The summed E-state index contributed by atoms with van der Waals surface area (Å²) in [5.74, 6) is -0.954. The van der Waals surface area contributed by atoms with E-state index in [1.807, 2.05) is 0 Å². The number of methoxy groups -OCH3 is 1. The molecule has 2 aromatic carbocycles. The molecule has 0 atom stereocenters. The van der Waals surface area contributed by atoms with Gasteiger partial charge in [0.25, 0.3) is 17.5 Å². The highest BCUT2D eigenvalue weighted by Gasteiger charge is 2.16. The molecule has 0 aliphatic rings. The van der Waals surface area contributed by atoms with E-state index in [0.717, 1.165) is 0 Å². The van der Waals surface area contributed by atoms with Crippen molar-refractivity contribution in [3.05, 3.63) is 68.2 Å². The van der Waals surface area contributed by atoms with Gasteiger partial charge in [0.2, 0.25) is 0 Å². The molecule has 130 valence electrons. The van der Waals surface area contributed by atoms with Crippen LogP contribution in [-0.4, -0.2) is 23.8 Å². The van der Waals surface area contributed by atoms with Gasteiger partial charge in [0, 0.05) is 22.2 Å². The second-order valence-electron chi connectivity index (χ2n) is 5.01. The van der Waals surface area contributed by atoms with Gasteiger partial charge < -0.3 is 4.74 Å². The maximum absolute atomic E-state index is 12.1. The highest BCUT2D eigenvalue weighted by atomic mass is 35.5. The van der Waals surface area contributed by atoms with Crippen LogP contribution in [0.15, 0.2) is 36.4 Å². The Balaban J connectivity index is 2.08. The number of carbonyl (C=O) groups is 2. The minimum Gasteiger partial charge on any atom is -0.496 e. The first-order valence-electron chi connectivity index (χ1n) is 7.02. The van der Waals surface area contributed by atoms with Crippen LogP contribution < -0.4 is 15.6 Å². The zero-order valence-electron chi connectivity index (χ0n) is 13.3. The lowest BCUT2D eigenvalue weighted by Gasteiger charge is -2.11. The molecular formula is C16H14ClN3O5. The first-order chi connectivity index (χ1) is 11.8. The van der Waals surface area contributed by atoms with Crippen molar-refractivity contribution in [2.24, 2.45) is 0 Å². The fourth-order valence-corrected chi connectivity index (χ4v) is 2.27. The lowest BCUT2D eigenvalue weighted by molar-refractivity contribution is -0.385. The molecule has 0 aliphatic heterocycles. The predicted octanol–water partition coefficient (Wildman–Crippen LogP) is 2.64. The zero-order chi connectivity index (χ0) is 18.6. The molecule has 0 spiro atoms. The predicted molar refractivity (Wildman–Crippen MR) is 90.8 cm³/mol. The van der Waals surface area contributed by atoms with Gasteiger partial charge in [-0.25, -0.2) is 0 Å². The molecule has 0 unspecified atom stereocenters. The number of halogens is 1.